The zero-order chi connectivity index (χ0) is 23.3. The van der Waals surface area contributed by atoms with Gasteiger partial charge < -0.3 is 14.3 Å². The van der Waals surface area contributed by atoms with Gasteiger partial charge in [0.05, 0.1) is 18.7 Å². The molecule has 1 amide bonds. The molecular weight excluding hydrogens is 510 g/mol. The third-order valence-corrected chi connectivity index (χ3v) is 6.68. The fraction of sp³-hybridized carbons (Fsp3) is 0.130. The second-order valence-corrected chi connectivity index (χ2v) is 9.39. The van der Waals surface area contributed by atoms with E-state index in [1.807, 2.05) is 0 Å². The summed E-state index contributed by atoms with van der Waals surface area (Å²) in [6.07, 6.45) is 0. The van der Waals surface area contributed by atoms with E-state index in [1.54, 1.807) is 55.5 Å². The van der Waals surface area contributed by atoms with Crippen LogP contribution >= 0.6 is 27.3 Å². The van der Waals surface area contributed by atoms with Crippen LogP contribution in [0.1, 0.15) is 27.2 Å². The Hall–Kier alpha value is -3.50. The van der Waals surface area contributed by atoms with Gasteiger partial charge in [-0.05, 0) is 36.8 Å². The minimum absolute atomic E-state index is 0.0127. The van der Waals surface area contributed by atoms with Gasteiger partial charge in [-0.2, -0.15) is 0 Å². The normalized spacial score (nSPS) is 16.2. The molecule has 33 heavy (non-hydrogen) atoms. The summed E-state index contributed by atoms with van der Waals surface area (Å²) in [6, 6.07) is 13.1. The maximum atomic E-state index is 13.6. The first-order valence-corrected chi connectivity index (χ1v) is 11.4. The lowest BCUT2D eigenvalue weighted by Gasteiger charge is -2.23. The summed E-state index contributed by atoms with van der Waals surface area (Å²) in [5, 5.41) is 20.5. The third kappa shape index (κ3) is 3.51. The Morgan fingerprint density at radius 2 is 1.97 bits per heavy atom. The Morgan fingerprint density at radius 1 is 1.21 bits per heavy atom. The lowest BCUT2D eigenvalue weighted by atomic mass is 9.95. The molecule has 1 N–H and O–H groups in total. The van der Waals surface area contributed by atoms with Crippen molar-refractivity contribution in [1.29, 1.82) is 0 Å². The van der Waals surface area contributed by atoms with Gasteiger partial charge in [-0.3, -0.25) is 14.5 Å². The lowest BCUT2D eigenvalue weighted by molar-refractivity contribution is -0.117. The quantitative estimate of drug-likeness (QED) is 0.359. The van der Waals surface area contributed by atoms with E-state index in [0.29, 0.717) is 27.3 Å². The van der Waals surface area contributed by atoms with E-state index < -0.39 is 23.5 Å². The number of benzene rings is 2. The number of hydrogen-bond acceptors (Lipinski definition) is 8. The number of rotatable bonds is 5. The maximum Gasteiger partial charge on any atom is 0.296 e. The van der Waals surface area contributed by atoms with Crippen LogP contribution in [0, 0.1) is 6.92 Å². The van der Waals surface area contributed by atoms with Crippen molar-refractivity contribution in [2.45, 2.75) is 13.0 Å². The SMILES string of the molecule is COc1cccc2cc(C(=O)C3=C(O)C(=O)N(c4nnc(C)s4)C3c3ccc(Br)cc3)oc12. The monoisotopic (exact) mass is 525 g/mol. The molecule has 10 heteroatoms. The van der Waals surface area contributed by atoms with Crippen LogP contribution in [0.5, 0.6) is 5.75 Å². The summed E-state index contributed by atoms with van der Waals surface area (Å²) in [5.74, 6) is -1.51. The molecule has 0 fully saturated rings. The molecule has 166 valence electrons. The number of aryl methyl sites for hydroxylation is 1. The van der Waals surface area contributed by atoms with Crippen LogP contribution in [0.25, 0.3) is 11.0 Å². The molecule has 0 spiro atoms. The Labute approximate surface area is 200 Å². The molecule has 1 aliphatic heterocycles. The van der Waals surface area contributed by atoms with E-state index in [9.17, 15) is 14.7 Å². The van der Waals surface area contributed by atoms with Gasteiger partial charge in [0, 0.05) is 9.86 Å². The molecule has 2 aromatic carbocycles. The number of amides is 1. The number of ether oxygens (including phenoxy) is 1. The molecule has 1 atom stereocenters. The van der Waals surface area contributed by atoms with Gasteiger partial charge in [0.1, 0.15) is 5.01 Å². The summed E-state index contributed by atoms with van der Waals surface area (Å²) >= 11 is 4.59. The van der Waals surface area contributed by atoms with E-state index >= 15 is 0 Å². The number of furan rings is 1. The molecule has 2 aromatic heterocycles. The number of nitrogens with zero attached hydrogens (tertiary/aromatic N) is 3. The molecule has 1 aliphatic rings. The van der Waals surface area contributed by atoms with Gasteiger partial charge in [-0.25, -0.2) is 0 Å². The van der Waals surface area contributed by atoms with Crippen LogP contribution < -0.4 is 9.64 Å². The molecule has 5 rings (SSSR count). The van der Waals surface area contributed by atoms with E-state index in [-0.39, 0.29) is 16.5 Å². The van der Waals surface area contributed by atoms with Crippen molar-refractivity contribution < 1.29 is 23.8 Å². The van der Waals surface area contributed by atoms with Crippen molar-refractivity contribution in [2.24, 2.45) is 0 Å². The van der Waals surface area contributed by atoms with Crippen LogP contribution in [0.2, 0.25) is 0 Å². The number of halogens is 1. The number of aliphatic hydroxyl groups excluding tert-OH is 1. The molecule has 4 aromatic rings. The predicted octanol–water partition coefficient (Wildman–Crippen LogP) is 5.15. The summed E-state index contributed by atoms with van der Waals surface area (Å²) in [4.78, 5) is 28.1. The third-order valence-electron chi connectivity index (χ3n) is 5.31. The van der Waals surface area contributed by atoms with Crippen molar-refractivity contribution in [3.63, 3.8) is 0 Å². The number of Topliss-reactive ketones (excluding diaryl/α,β-unsaturated/α-hetero) is 1. The molecule has 0 saturated heterocycles. The molecule has 3 heterocycles. The zero-order valence-corrected chi connectivity index (χ0v) is 19.8. The smallest absolute Gasteiger partial charge is 0.296 e. The van der Waals surface area contributed by atoms with E-state index in [0.717, 1.165) is 4.47 Å². The van der Waals surface area contributed by atoms with Gasteiger partial charge in [-0.1, -0.05) is 51.5 Å². The number of hydrogen-bond donors (Lipinski definition) is 1. The van der Waals surface area contributed by atoms with Crippen LogP contribution in [0.4, 0.5) is 5.13 Å². The number of para-hydroxylation sites is 1. The molecule has 1 unspecified atom stereocenters. The first kappa shape index (κ1) is 21.4. The highest BCUT2D eigenvalue weighted by Gasteiger charge is 2.46. The summed E-state index contributed by atoms with van der Waals surface area (Å²) < 4.78 is 12.0. The molecule has 8 nitrogen and oxygen atoms in total. The van der Waals surface area contributed by atoms with Crippen molar-refractivity contribution in [1.82, 2.24) is 10.2 Å². The second kappa shape index (κ2) is 8.13. The van der Waals surface area contributed by atoms with E-state index in [4.69, 9.17) is 9.15 Å². The maximum absolute atomic E-state index is 13.6. The molecule has 0 aliphatic carbocycles. The first-order chi connectivity index (χ1) is 15.9. The van der Waals surface area contributed by atoms with Gasteiger partial charge >= 0.3 is 0 Å². The van der Waals surface area contributed by atoms with Crippen molar-refractivity contribution >= 4 is 55.1 Å². The lowest BCUT2D eigenvalue weighted by Crippen LogP contribution is -2.31. The predicted molar refractivity (Wildman–Crippen MR) is 126 cm³/mol. The fourth-order valence-corrected chi connectivity index (χ4v) is 4.80. The fourth-order valence-electron chi connectivity index (χ4n) is 3.82. The van der Waals surface area contributed by atoms with Crippen molar-refractivity contribution in [3.8, 4) is 5.75 Å². The molecular formula is C23H16BrN3O5S. The summed E-state index contributed by atoms with van der Waals surface area (Å²) in [6.45, 7) is 1.76. The summed E-state index contributed by atoms with van der Waals surface area (Å²) in [7, 11) is 1.51. The molecule has 0 bridgehead atoms. The van der Waals surface area contributed by atoms with Gasteiger partial charge in [-0.15, -0.1) is 10.2 Å². The topological polar surface area (TPSA) is 106 Å². The van der Waals surface area contributed by atoms with Crippen LogP contribution in [0.15, 0.2) is 68.8 Å². The number of fused-ring (bicyclic) bond motifs is 1. The zero-order valence-electron chi connectivity index (χ0n) is 17.4. The first-order valence-electron chi connectivity index (χ1n) is 9.82. The standard InChI is InChI=1S/C23H16BrN3O5S/c1-11-25-26-23(33-11)27-18(12-6-8-14(24)9-7-12)17(20(29)22(27)30)19(28)16-10-13-4-3-5-15(31-2)21(13)32-16/h3-10,18,29H,1-2H3. The number of anilines is 1. The minimum atomic E-state index is -0.902. The highest BCUT2D eigenvalue weighted by atomic mass is 79.9. The minimum Gasteiger partial charge on any atom is -0.503 e. The van der Waals surface area contributed by atoms with Crippen molar-refractivity contribution in [2.75, 3.05) is 12.0 Å². The van der Waals surface area contributed by atoms with Crippen LogP contribution in [-0.4, -0.2) is 34.1 Å². The Kier molecular flexibility index (Phi) is 5.26. The molecule has 0 saturated carbocycles. The number of aromatic nitrogens is 2. The molecule has 0 radical (unpaired) electrons. The average Bonchev–Trinajstić information content (AvgIpc) is 3.50. The number of ketones is 1. The number of methoxy groups -OCH3 is 1. The van der Waals surface area contributed by atoms with Crippen LogP contribution in [-0.2, 0) is 4.79 Å². The van der Waals surface area contributed by atoms with Gasteiger partial charge in [0.2, 0.25) is 10.9 Å². The Bertz CT molecular complexity index is 1440. The Balaban J connectivity index is 1.66. The number of carbonyl (C=O) groups excluding carboxylic acids is 2. The number of aliphatic hydroxyl groups is 1. The average molecular weight is 526 g/mol. The van der Waals surface area contributed by atoms with Crippen molar-refractivity contribution in [3.05, 3.63) is 80.7 Å². The van der Waals surface area contributed by atoms with Gasteiger partial charge in [0.25, 0.3) is 5.91 Å². The van der Waals surface area contributed by atoms with Gasteiger partial charge in [0.15, 0.2) is 22.9 Å². The Morgan fingerprint density at radius 3 is 2.64 bits per heavy atom. The van der Waals surface area contributed by atoms with E-state index in [1.165, 1.54) is 23.3 Å². The highest BCUT2D eigenvalue weighted by molar-refractivity contribution is 9.10. The summed E-state index contributed by atoms with van der Waals surface area (Å²) in [5.41, 5.74) is 0.943. The number of carbonyl (C=O) groups is 2. The highest BCUT2D eigenvalue weighted by Crippen LogP contribution is 2.43. The van der Waals surface area contributed by atoms with E-state index in [2.05, 4.69) is 26.1 Å². The largest absolute Gasteiger partial charge is 0.503 e. The van der Waals surface area contributed by atoms with Crippen LogP contribution in [0.3, 0.4) is 0 Å². The second-order valence-electron chi connectivity index (χ2n) is 7.31.